The second kappa shape index (κ2) is 8.40. The Morgan fingerprint density at radius 2 is 1.85 bits per heavy atom. The van der Waals surface area contributed by atoms with Crippen molar-refractivity contribution in [2.45, 2.75) is 19.8 Å². The maximum atomic E-state index is 11.3. The Bertz CT molecular complexity index is 939. The van der Waals surface area contributed by atoms with Gasteiger partial charge in [0.25, 0.3) is 0 Å². The molecule has 1 aromatic heterocycles. The van der Waals surface area contributed by atoms with E-state index in [9.17, 15) is 9.59 Å². The van der Waals surface area contributed by atoms with Crippen LogP contribution in [0.3, 0.4) is 0 Å². The first-order chi connectivity index (χ1) is 13.1. The van der Waals surface area contributed by atoms with Gasteiger partial charge < -0.3 is 19.0 Å². The molecular formula is C21H20O6. The fourth-order valence-electron chi connectivity index (χ4n) is 2.67. The van der Waals surface area contributed by atoms with Gasteiger partial charge in [0.15, 0.2) is 0 Å². The summed E-state index contributed by atoms with van der Waals surface area (Å²) in [5.41, 5.74) is 1.72. The molecule has 0 spiro atoms. The number of carbonyl (C=O) groups is 2. The van der Waals surface area contributed by atoms with Crippen LogP contribution >= 0.6 is 0 Å². The van der Waals surface area contributed by atoms with Gasteiger partial charge in [0.05, 0.1) is 18.8 Å². The molecule has 3 rings (SSSR count). The number of hydrogen-bond acceptors (Lipinski definition) is 5. The van der Waals surface area contributed by atoms with E-state index >= 15 is 0 Å². The standard InChI is InChI=1S/C21H20O6/c1-2-25-20(22)4-3-11-26-17-8-5-14(6-9-17)19-13-16-12-15(21(23)24)7-10-18(16)27-19/h5-10,12-13H,2-4,11H2,1H3,(H,23,24). The molecule has 6 heteroatoms. The van der Waals surface area contributed by atoms with Gasteiger partial charge in [-0.2, -0.15) is 0 Å². The van der Waals surface area contributed by atoms with Gasteiger partial charge >= 0.3 is 11.9 Å². The summed E-state index contributed by atoms with van der Waals surface area (Å²) < 4.78 is 16.3. The molecular weight excluding hydrogens is 348 g/mol. The lowest BCUT2D eigenvalue weighted by atomic mass is 10.1. The summed E-state index contributed by atoms with van der Waals surface area (Å²) in [5, 5.41) is 9.81. The van der Waals surface area contributed by atoms with Crippen LogP contribution in [-0.4, -0.2) is 30.3 Å². The molecule has 0 aliphatic carbocycles. The van der Waals surface area contributed by atoms with Crippen molar-refractivity contribution >= 4 is 22.9 Å². The summed E-state index contributed by atoms with van der Waals surface area (Å²) in [6.07, 6.45) is 0.930. The first-order valence-corrected chi connectivity index (χ1v) is 8.72. The minimum absolute atomic E-state index is 0.215. The summed E-state index contributed by atoms with van der Waals surface area (Å²) in [4.78, 5) is 22.3. The van der Waals surface area contributed by atoms with Crippen LogP contribution in [0.1, 0.15) is 30.1 Å². The lowest BCUT2D eigenvalue weighted by Gasteiger charge is -2.06. The van der Waals surface area contributed by atoms with E-state index in [0.717, 1.165) is 10.9 Å². The van der Waals surface area contributed by atoms with Crippen molar-refractivity contribution in [1.82, 2.24) is 0 Å². The molecule has 0 radical (unpaired) electrons. The zero-order valence-corrected chi connectivity index (χ0v) is 14.9. The van der Waals surface area contributed by atoms with Crippen LogP contribution in [0.25, 0.3) is 22.3 Å². The number of benzene rings is 2. The molecule has 0 aliphatic rings. The lowest BCUT2D eigenvalue weighted by Crippen LogP contribution is -2.06. The van der Waals surface area contributed by atoms with Crippen molar-refractivity contribution < 1.29 is 28.6 Å². The number of ether oxygens (including phenoxy) is 2. The Morgan fingerprint density at radius 1 is 1.07 bits per heavy atom. The Balaban J connectivity index is 1.62. The van der Waals surface area contributed by atoms with E-state index in [1.54, 1.807) is 19.1 Å². The topological polar surface area (TPSA) is 86.0 Å². The third-order valence-electron chi connectivity index (χ3n) is 4.00. The maximum absolute atomic E-state index is 11.3. The molecule has 140 valence electrons. The van der Waals surface area contributed by atoms with Crippen LogP contribution in [-0.2, 0) is 9.53 Å². The van der Waals surface area contributed by atoms with Gasteiger partial charge in [-0.3, -0.25) is 4.79 Å². The minimum atomic E-state index is -0.968. The van der Waals surface area contributed by atoms with Gasteiger partial charge in [0.2, 0.25) is 0 Å². The van der Waals surface area contributed by atoms with Gasteiger partial charge in [-0.1, -0.05) is 0 Å². The highest BCUT2D eigenvalue weighted by Gasteiger charge is 2.10. The molecule has 0 saturated carbocycles. The number of carboxylic acids is 1. The molecule has 3 aromatic rings. The Kier molecular flexibility index (Phi) is 5.76. The van der Waals surface area contributed by atoms with Crippen molar-refractivity contribution in [2.75, 3.05) is 13.2 Å². The van der Waals surface area contributed by atoms with Gasteiger partial charge in [-0.25, -0.2) is 4.79 Å². The van der Waals surface area contributed by atoms with E-state index in [1.807, 2.05) is 30.3 Å². The molecule has 1 heterocycles. The third-order valence-corrected chi connectivity index (χ3v) is 4.00. The maximum Gasteiger partial charge on any atom is 0.335 e. The largest absolute Gasteiger partial charge is 0.494 e. The highest BCUT2D eigenvalue weighted by molar-refractivity contribution is 5.94. The number of furan rings is 1. The molecule has 0 bridgehead atoms. The Morgan fingerprint density at radius 3 is 2.56 bits per heavy atom. The van der Waals surface area contributed by atoms with Gasteiger partial charge in [0.1, 0.15) is 17.1 Å². The predicted octanol–water partition coefficient (Wildman–Crippen LogP) is 4.52. The quantitative estimate of drug-likeness (QED) is 0.465. The minimum Gasteiger partial charge on any atom is -0.494 e. The van der Waals surface area contributed by atoms with E-state index in [1.165, 1.54) is 6.07 Å². The number of rotatable bonds is 8. The average molecular weight is 368 g/mol. The zero-order chi connectivity index (χ0) is 19.2. The van der Waals surface area contributed by atoms with E-state index < -0.39 is 5.97 Å². The van der Waals surface area contributed by atoms with Crippen LogP contribution in [0.5, 0.6) is 5.75 Å². The fraction of sp³-hybridized carbons (Fsp3) is 0.238. The number of carboxylic acid groups (broad SMARTS) is 1. The van der Waals surface area contributed by atoms with E-state index in [0.29, 0.717) is 43.1 Å². The summed E-state index contributed by atoms with van der Waals surface area (Å²) in [7, 11) is 0. The highest BCUT2D eigenvalue weighted by atomic mass is 16.5. The number of aromatic carboxylic acids is 1. The highest BCUT2D eigenvalue weighted by Crippen LogP contribution is 2.29. The average Bonchev–Trinajstić information content (AvgIpc) is 3.09. The molecule has 1 N–H and O–H groups in total. The zero-order valence-electron chi connectivity index (χ0n) is 14.9. The summed E-state index contributed by atoms with van der Waals surface area (Å²) in [6.45, 7) is 2.60. The van der Waals surface area contributed by atoms with Gasteiger partial charge in [-0.05, 0) is 61.9 Å². The monoisotopic (exact) mass is 368 g/mol. The van der Waals surface area contributed by atoms with Crippen molar-refractivity contribution in [3.63, 3.8) is 0 Å². The molecule has 0 saturated heterocycles. The number of fused-ring (bicyclic) bond motifs is 1. The van der Waals surface area contributed by atoms with E-state index in [2.05, 4.69) is 0 Å². The van der Waals surface area contributed by atoms with E-state index in [-0.39, 0.29) is 11.5 Å². The molecule has 0 atom stereocenters. The summed E-state index contributed by atoms with van der Waals surface area (Å²) >= 11 is 0. The van der Waals surface area contributed by atoms with Crippen molar-refractivity contribution in [3.8, 4) is 17.1 Å². The molecule has 0 aliphatic heterocycles. The normalized spacial score (nSPS) is 10.7. The SMILES string of the molecule is CCOC(=O)CCCOc1ccc(-c2cc3cc(C(=O)O)ccc3o2)cc1. The van der Waals surface area contributed by atoms with Crippen LogP contribution in [0, 0.1) is 0 Å². The van der Waals surface area contributed by atoms with Crippen molar-refractivity contribution in [3.05, 3.63) is 54.1 Å². The Labute approximate surface area is 156 Å². The number of carbonyl (C=O) groups excluding carboxylic acids is 1. The van der Waals surface area contributed by atoms with Crippen LogP contribution in [0.2, 0.25) is 0 Å². The smallest absolute Gasteiger partial charge is 0.335 e. The third kappa shape index (κ3) is 4.67. The molecule has 0 amide bonds. The van der Waals surface area contributed by atoms with Crippen molar-refractivity contribution in [1.29, 1.82) is 0 Å². The second-order valence-electron chi connectivity index (χ2n) is 5.95. The van der Waals surface area contributed by atoms with Crippen LogP contribution < -0.4 is 4.74 Å². The molecule has 0 unspecified atom stereocenters. The van der Waals surface area contributed by atoms with Crippen molar-refractivity contribution in [2.24, 2.45) is 0 Å². The first-order valence-electron chi connectivity index (χ1n) is 8.72. The van der Waals surface area contributed by atoms with E-state index in [4.69, 9.17) is 19.0 Å². The Hall–Kier alpha value is -3.28. The van der Waals surface area contributed by atoms with Crippen LogP contribution in [0.15, 0.2) is 52.9 Å². The molecule has 6 nitrogen and oxygen atoms in total. The predicted molar refractivity (Wildman–Crippen MR) is 100.0 cm³/mol. The lowest BCUT2D eigenvalue weighted by molar-refractivity contribution is -0.143. The first kappa shape index (κ1) is 18.5. The summed E-state index contributed by atoms with van der Waals surface area (Å²) in [6, 6.07) is 14.0. The summed E-state index contributed by atoms with van der Waals surface area (Å²) in [5.74, 6) is 0.171. The van der Waals surface area contributed by atoms with Gasteiger partial charge in [-0.15, -0.1) is 0 Å². The number of esters is 1. The molecule has 0 fully saturated rings. The van der Waals surface area contributed by atoms with Gasteiger partial charge in [0, 0.05) is 17.4 Å². The number of hydrogen-bond donors (Lipinski definition) is 1. The molecule has 2 aromatic carbocycles. The molecule has 27 heavy (non-hydrogen) atoms. The second-order valence-corrected chi connectivity index (χ2v) is 5.95. The van der Waals surface area contributed by atoms with Crippen LogP contribution in [0.4, 0.5) is 0 Å². The fourth-order valence-corrected chi connectivity index (χ4v) is 2.67.